The highest BCUT2D eigenvalue weighted by molar-refractivity contribution is 7.17. The van der Waals surface area contributed by atoms with Crippen LogP contribution in [0.25, 0.3) is 32.5 Å². The van der Waals surface area contributed by atoms with Gasteiger partial charge < -0.3 is 4.98 Å². The van der Waals surface area contributed by atoms with Gasteiger partial charge in [0.2, 0.25) is 0 Å². The van der Waals surface area contributed by atoms with E-state index in [0.29, 0.717) is 6.04 Å². The zero-order chi connectivity index (χ0) is 19.4. The number of hydrogen-bond acceptors (Lipinski definition) is 3. The molecular formula is C24H24FN3S. The fourth-order valence-corrected chi connectivity index (χ4v) is 6.00. The molecule has 148 valence electrons. The van der Waals surface area contributed by atoms with Crippen molar-refractivity contribution in [1.82, 2.24) is 14.9 Å². The van der Waals surface area contributed by atoms with Crippen LogP contribution in [0, 0.1) is 5.82 Å². The smallest absolute Gasteiger partial charge is 0.138 e. The normalized spacial score (nSPS) is 21.1. The molecule has 1 saturated carbocycles. The molecule has 1 N–H and O–H groups in total. The number of halogens is 1. The molecule has 0 radical (unpaired) electrons. The van der Waals surface area contributed by atoms with E-state index in [0.717, 1.165) is 28.5 Å². The van der Waals surface area contributed by atoms with E-state index in [9.17, 15) is 4.39 Å². The molecular weight excluding hydrogens is 381 g/mol. The molecule has 1 aliphatic heterocycles. The number of thiophene rings is 1. The molecule has 2 aliphatic rings. The summed E-state index contributed by atoms with van der Waals surface area (Å²) in [7, 11) is 0. The number of fused-ring (bicyclic) bond motifs is 2. The molecule has 2 aromatic carbocycles. The molecule has 1 unspecified atom stereocenters. The molecule has 1 atom stereocenters. The number of aromatic nitrogens is 2. The van der Waals surface area contributed by atoms with Gasteiger partial charge in [-0.25, -0.2) is 9.37 Å². The highest BCUT2D eigenvalue weighted by Gasteiger charge is 2.34. The third-order valence-corrected chi connectivity index (χ3v) is 7.75. The average Bonchev–Trinajstić information content (AvgIpc) is 3.30. The SMILES string of the molecule is Fc1ccc2nc(-c3ccc4scc(C5CCCCN5C5CCC5)c4c3)[nH]c2c1. The standard InChI is InChI=1S/C24H24FN3S/c25-16-8-9-20-21(13-16)27-24(26-20)15-7-10-23-18(12-15)19(14-29-23)22-6-1-2-11-28(22)17-4-3-5-17/h7-10,12-14,17,22H,1-6,11H2,(H,26,27). The second-order valence-corrected chi connectivity index (χ2v) is 9.39. The number of likely N-dealkylation sites (tertiary alicyclic amines) is 1. The minimum Gasteiger partial charge on any atom is -0.338 e. The summed E-state index contributed by atoms with van der Waals surface area (Å²) in [5, 5.41) is 3.74. The minimum atomic E-state index is -0.239. The third-order valence-electron chi connectivity index (χ3n) is 6.77. The van der Waals surface area contributed by atoms with E-state index in [2.05, 4.69) is 33.5 Å². The molecule has 4 aromatic rings. The van der Waals surface area contributed by atoms with Crippen LogP contribution in [-0.4, -0.2) is 27.5 Å². The largest absolute Gasteiger partial charge is 0.338 e. The second kappa shape index (κ2) is 6.92. The summed E-state index contributed by atoms with van der Waals surface area (Å²) in [6, 6.07) is 12.7. The van der Waals surface area contributed by atoms with Crippen LogP contribution in [0.2, 0.25) is 0 Å². The Morgan fingerprint density at radius 2 is 1.97 bits per heavy atom. The molecule has 2 fully saturated rings. The number of benzene rings is 2. The Labute approximate surface area is 173 Å². The van der Waals surface area contributed by atoms with Crippen LogP contribution >= 0.6 is 11.3 Å². The predicted molar refractivity (Wildman–Crippen MR) is 118 cm³/mol. The highest BCUT2D eigenvalue weighted by atomic mass is 32.1. The molecule has 1 aliphatic carbocycles. The lowest BCUT2D eigenvalue weighted by atomic mass is 9.85. The van der Waals surface area contributed by atoms with E-state index >= 15 is 0 Å². The van der Waals surface area contributed by atoms with Gasteiger partial charge >= 0.3 is 0 Å². The molecule has 1 saturated heterocycles. The van der Waals surface area contributed by atoms with Gasteiger partial charge in [-0.05, 0) is 85.0 Å². The first-order chi connectivity index (χ1) is 14.3. The Bertz CT molecular complexity index is 1190. The van der Waals surface area contributed by atoms with Gasteiger partial charge in [-0.2, -0.15) is 0 Å². The monoisotopic (exact) mass is 405 g/mol. The van der Waals surface area contributed by atoms with Crippen molar-refractivity contribution >= 4 is 32.5 Å². The first kappa shape index (κ1) is 17.6. The number of rotatable bonds is 3. The van der Waals surface area contributed by atoms with Gasteiger partial charge in [0.05, 0.1) is 11.0 Å². The molecule has 0 bridgehead atoms. The van der Waals surface area contributed by atoms with E-state index in [1.165, 1.54) is 72.9 Å². The van der Waals surface area contributed by atoms with Crippen LogP contribution in [0.15, 0.2) is 41.8 Å². The van der Waals surface area contributed by atoms with Gasteiger partial charge in [-0.3, -0.25) is 4.90 Å². The van der Waals surface area contributed by atoms with Crippen LogP contribution in [0.5, 0.6) is 0 Å². The van der Waals surface area contributed by atoms with Gasteiger partial charge in [0.1, 0.15) is 11.6 Å². The third kappa shape index (κ3) is 2.99. The maximum Gasteiger partial charge on any atom is 0.138 e. The molecule has 29 heavy (non-hydrogen) atoms. The highest BCUT2D eigenvalue weighted by Crippen LogP contribution is 2.43. The number of nitrogens with zero attached hydrogens (tertiary/aromatic N) is 2. The van der Waals surface area contributed by atoms with E-state index in [4.69, 9.17) is 4.98 Å². The number of hydrogen-bond donors (Lipinski definition) is 1. The van der Waals surface area contributed by atoms with Crippen LogP contribution < -0.4 is 0 Å². The Kier molecular flexibility index (Phi) is 4.20. The fourth-order valence-electron chi connectivity index (χ4n) is 5.02. The molecule has 3 nitrogen and oxygen atoms in total. The summed E-state index contributed by atoms with van der Waals surface area (Å²) >= 11 is 1.85. The molecule has 2 aromatic heterocycles. The Morgan fingerprint density at radius 1 is 1.03 bits per heavy atom. The number of nitrogens with one attached hydrogen (secondary N) is 1. The van der Waals surface area contributed by atoms with Crippen LogP contribution in [0.3, 0.4) is 0 Å². The second-order valence-electron chi connectivity index (χ2n) is 8.48. The molecule has 5 heteroatoms. The number of piperidine rings is 1. The maximum atomic E-state index is 13.6. The van der Waals surface area contributed by atoms with Gasteiger partial charge in [0, 0.05) is 22.3 Å². The van der Waals surface area contributed by atoms with Crippen molar-refractivity contribution in [3.05, 3.63) is 53.2 Å². The summed E-state index contributed by atoms with van der Waals surface area (Å²) < 4.78 is 14.9. The number of imidazole rings is 1. The quantitative estimate of drug-likeness (QED) is 0.413. The van der Waals surface area contributed by atoms with Crippen LogP contribution in [0.1, 0.15) is 50.1 Å². The lowest BCUT2D eigenvalue weighted by Crippen LogP contribution is -2.44. The lowest BCUT2D eigenvalue weighted by molar-refractivity contribution is 0.0520. The summed E-state index contributed by atoms with van der Waals surface area (Å²) in [4.78, 5) is 10.8. The summed E-state index contributed by atoms with van der Waals surface area (Å²) in [6.45, 7) is 1.24. The van der Waals surface area contributed by atoms with Gasteiger partial charge in [-0.1, -0.05) is 12.8 Å². The Morgan fingerprint density at radius 3 is 2.83 bits per heavy atom. The maximum absolute atomic E-state index is 13.6. The summed E-state index contributed by atoms with van der Waals surface area (Å²) in [5.41, 5.74) is 4.10. The molecule has 3 heterocycles. The zero-order valence-corrected chi connectivity index (χ0v) is 17.1. The van der Waals surface area contributed by atoms with Gasteiger partial charge in [0.15, 0.2) is 0 Å². The number of aromatic amines is 1. The van der Waals surface area contributed by atoms with Crippen molar-refractivity contribution in [2.45, 2.75) is 50.6 Å². The Hall–Kier alpha value is -2.24. The van der Waals surface area contributed by atoms with Gasteiger partial charge in [-0.15, -0.1) is 11.3 Å². The molecule has 0 spiro atoms. The first-order valence-electron chi connectivity index (χ1n) is 10.7. The van der Waals surface area contributed by atoms with Gasteiger partial charge in [0.25, 0.3) is 0 Å². The lowest BCUT2D eigenvalue weighted by Gasteiger charge is -2.45. The molecule has 6 rings (SSSR count). The Balaban J connectivity index is 1.42. The average molecular weight is 406 g/mol. The zero-order valence-electron chi connectivity index (χ0n) is 16.3. The minimum absolute atomic E-state index is 0.239. The van der Waals surface area contributed by atoms with E-state index in [-0.39, 0.29) is 5.82 Å². The summed E-state index contributed by atoms with van der Waals surface area (Å²) in [6.07, 6.45) is 8.01. The topological polar surface area (TPSA) is 31.9 Å². The predicted octanol–water partition coefficient (Wildman–Crippen LogP) is 6.66. The van der Waals surface area contributed by atoms with E-state index in [1.807, 2.05) is 11.3 Å². The van der Waals surface area contributed by atoms with E-state index < -0.39 is 0 Å². The fraction of sp³-hybridized carbons (Fsp3) is 0.375. The number of H-pyrrole nitrogens is 1. The van der Waals surface area contributed by atoms with Crippen molar-refractivity contribution in [3.63, 3.8) is 0 Å². The first-order valence-corrected chi connectivity index (χ1v) is 11.6. The van der Waals surface area contributed by atoms with Crippen LogP contribution in [0.4, 0.5) is 4.39 Å². The van der Waals surface area contributed by atoms with Crippen molar-refractivity contribution in [3.8, 4) is 11.4 Å². The van der Waals surface area contributed by atoms with E-state index in [1.54, 1.807) is 6.07 Å². The van der Waals surface area contributed by atoms with Crippen molar-refractivity contribution in [1.29, 1.82) is 0 Å². The van der Waals surface area contributed by atoms with Crippen molar-refractivity contribution in [2.75, 3.05) is 6.54 Å². The van der Waals surface area contributed by atoms with Crippen molar-refractivity contribution in [2.24, 2.45) is 0 Å². The van der Waals surface area contributed by atoms with Crippen molar-refractivity contribution < 1.29 is 4.39 Å². The summed E-state index contributed by atoms with van der Waals surface area (Å²) in [5.74, 6) is 0.570. The van der Waals surface area contributed by atoms with Crippen LogP contribution in [-0.2, 0) is 0 Å². The molecule has 0 amide bonds.